The summed E-state index contributed by atoms with van der Waals surface area (Å²) in [5.41, 5.74) is 0. The molecule has 10 heavy (non-hydrogen) atoms. The summed E-state index contributed by atoms with van der Waals surface area (Å²) in [5.74, 6) is 0. The van der Waals surface area contributed by atoms with Crippen LogP contribution in [-0.2, 0) is 6.42 Å². The highest BCUT2D eigenvalue weighted by Crippen LogP contribution is 2.08. The van der Waals surface area contributed by atoms with Crippen LogP contribution in [0.1, 0.15) is 24.8 Å². The molecule has 0 saturated carbocycles. The van der Waals surface area contributed by atoms with Gasteiger partial charge in [-0.2, -0.15) is 0 Å². The quantitative estimate of drug-likeness (QED) is 0.608. The normalized spacial score (nSPS) is 10.1. The molecule has 0 aliphatic rings. The molecule has 0 saturated heterocycles. The number of aryl methyl sites for hydroxylation is 1. The first-order valence-electron chi connectivity index (χ1n) is 3.63. The maximum absolute atomic E-state index is 4.19. The number of hydrogen-bond acceptors (Lipinski definition) is 2. The van der Waals surface area contributed by atoms with Crippen molar-refractivity contribution in [2.24, 2.45) is 0 Å². The highest BCUT2D eigenvalue weighted by Gasteiger charge is 1.93. The van der Waals surface area contributed by atoms with E-state index in [9.17, 15) is 0 Å². The maximum Gasteiger partial charge on any atom is 0.0924 e. The third-order valence-corrected chi connectivity index (χ3v) is 2.17. The SMILES string of the molecule is CC[CH]CCc1nccs1. The van der Waals surface area contributed by atoms with Crippen molar-refractivity contribution in [3.8, 4) is 0 Å². The Kier molecular flexibility index (Phi) is 3.44. The topological polar surface area (TPSA) is 12.9 Å². The van der Waals surface area contributed by atoms with E-state index in [1.165, 1.54) is 17.8 Å². The molecule has 1 heterocycles. The standard InChI is InChI=1S/C8H12NS/c1-2-3-4-5-8-9-6-7-10-8/h3,6-7H,2,4-5H2,1H3. The molecular weight excluding hydrogens is 142 g/mol. The van der Waals surface area contributed by atoms with Gasteiger partial charge < -0.3 is 0 Å². The predicted octanol–water partition coefficient (Wildman–Crippen LogP) is 2.69. The molecule has 0 N–H and O–H groups in total. The Morgan fingerprint density at radius 2 is 2.60 bits per heavy atom. The molecule has 2 heteroatoms. The molecule has 0 fully saturated rings. The van der Waals surface area contributed by atoms with Gasteiger partial charge in [0.05, 0.1) is 5.01 Å². The molecule has 1 rings (SSSR count). The van der Waals surface area contributed by atoms with Gasteiger partial charge in [-0.25, -0.2) is 4.98 Å². The van der Waals surface area contributed by atoms with Crippen LogP contribution >= 0.6 is 11.3 Å². The predicted molar refractivity (Wildman–Crippen MR) is 45.0 cm³/mol. The van der Waals surface area contributed by atoms with Gasteiger partial charge in [-0.05, 0) is 19.3 Å². The first-order valence-corrected chi connectivity index (χ1v) is 4.51. The van der Waals surface area contributed by atoms with E-state index in [1.807, 2.05) is 11.6 Å². The third-order valence-electron chi connectivity index (χ3n) is 1.33. The van der Waals surface area contributed by atoms with Gasteiger partial charge >= 0.3 is 0 Å². The molecule has 0 spiro atoms. The molecule has 1 nitrogen and oxygen atoms in total. The van der Waals surface area contributed by atoms with Crippen LogP contribution in [-0.4, -0.2) is 4.98 Å². The molecule has 0 amide bonds. The molecule has 0 atom stereocenters. The number of unbranched alkanes of at least 4 members (excludes halogenated alkanes) is 2. The zero-order chi connectivity index (χ0) is 7.23. The van der Waals surface area contributed by atoms with E-state index in [2.05, 4.69) is 18.3 Å². The average Bonchev–Trinajstić information content (AvgIpc) is 2.41. The van der Waals surface area contributed by atoms with Crippen LogP contribution in [0.2, 0.25) is 0 Å². The van der Waals surface area contributed by atoms with Gasteiger partial charge in [-0.3, -0.25) is 0 Å². The molecule has 1 aromatic heterocycles. The number of nitrogens with zero attached hydrogens (tertiary/aromatic N) is 1. The van der Waals surface area contributed by atoms with Crippen LogP contribution in [0.5, 0.6) is 0 Å². The number of rotatable bonds is 4. The molecule has 0 aliphatic heterocycles. The van der Waals surface area contributed by atoms with Crippen LogP contribution in [0.3, 0.4) is 0 Å². The largest absolute Gasteiger partial charge is 0.250 e. The minimum atomic E-state index is 1.12. The fraction of sp³-hybridized carbons (Fsp3) is 0.500. The number of hydrogen-bond donors (Lipinski definition) is 0. The van der Waals surface area contributed by atoms with Gasteiger partial charge in [0.25, 0.3) is 0 Å². The summed E-state index contributed by atoms with van der Waals surface area (Å²) in [6.45, 7) is 2.17. The number of aromatic nitrogens is 1. The zero-order valence-electron chi connectivity index (χ0n) is 6.21. The Balaban J connectivity index is 2.15. The van der Waals surface area contributed by atoms with E-state index in [1.54, 1.807) is 11.3 Å². The van der Waals surface area contributed by atoms with E-state index >= 15 is 0 Å². The summed E-state index contributed by atoms with van der Waals surface area (Å²) in [6.07, 6.45) is 7.62. The smallest absolute Gasteiger partial charge is 0.0924 e. The highest BCUT2D eigenvalue weighted by molar-refractivity contribution is 7.09. The lowest BCUT2D eigenvalue weighted by molar-refractivity contribution is 0.870. The van der Waals surface area contributed by atoms with Gasteiger partial charge in [0, 0.05) is 11.6 Å². The van der Waals surface area contributed by atoms with Crippen LogP contribution < -0.4 is 0 Å². The van der Waals surface area contributed by atoms with Gasteiger partial charge in [0.15, 0.2) is 0 Å². The Bertz CT molecular complexity index is 158. The summed E-state index contributed by atoms with van der Waals surface area (Å²) in [5, 5.41) is 3.28. The van der Waals surface area contributed by atoms with Gasteiger partial charge in [-0.15, -0.1) is 11.3 Å². The molecule has 0 unspecified atom stereocenters. The van der Waals surface area contributed by atoms with E-state index in [0.29, 0.717) is 0 Å². The second-order valence-electron chi connectivity index (χ2n) is 2.16. The first-order chi connectivity index (χ1) is 4.93. The summed E-state index contributed by atoms with van der Waals surface area (Å²) < 4.78 is 0. The van der Waals surface area contributed by atoms with E-state index in [4.69, 9.17) is 0 Å². The summed E-state index contributed by atoms with van der Waals surface area (Å²) in [7, 11) is 0. The molecule has 0 aliphatic carbocycles. The lowest BCUT2D eigenvalue weighted by Crippen LogP contribution is -1.82. The van der Waals surface area contributed by atoms with Crippen molar-refractivity contribution >= 4 is 11.3 Å². The minimum Gasteiger partial charge on any atom is -0.250 e. The van der Waals surface area contributed by atoms with Crippen molar-refractivity contribution in [2.75, 3.05) is 0 Å². The fourth-order valence-corrected chi connectivity index (χ4v) is 1.44. The second-order valence-corrected chi connectivity index (χ2v) is 3.14. The molecular formula is C8H12NS. The average molecular weight is 154 g/mol. The summed E-state index contributed by atoms with van der Waals surface area (Å²) in [6, 6.07) is 0. The second kappa shape index (κ2) is 4.45. The van der Waals surface area contributed by atoms with Crippen LogP contribution in [0, 0.1) is 6.42 Å². The van der Waals surface area contributed by atoms with Crippen molar-refractivity contribution in [1.82, 2.24) is 4.98 Å². The summed E-state index contributed by atoms with van der Waals surface area (Å²) in [4.78, 5) is 4.19. The third kappa shape index (κ3) is 2.48. The van der Waals surface area contributed by atoms with Crippen molar-refractivity contribution < 1.29 is 0 Å². The lowest BCUT2D eigenvalue weighted by atomic mass is 10.2. The monoisotopic (exact) mass is 154 g/mol. The van der Waals surface area contributed by atoms with Crippen molar-refractivity contribution in [3.63, 3.8) is 0 Å². The number of thiazole rings is 1. The molecule has 1 radical (unpaired) electrons. The van der Waals surface area contributed by atoms with Crippen LogP contribution in [0.15, 0.2) is 11.6 Å². The summed E-state index contributed by atoms with van der Waals surface area (Å²) >= 11 is 1.74. The fourth-order valence-electron chi connectivity index (χ4n) is 0.806. The molecule has 55 valence electrons. The molecule has 1 aromatic rings. The molecule has 0 bridgehead atoms. The maximum atomic E-state index is 4.19. The Morgan fingerprint density at radius 1 is 1.70 bits per heavy atom. The van der Waals surface area contributed by atoms with E-state index in [-0.39, 0.29) is 0 Å². The van der Waals surface area contributed by atoms with Crippen molar-refractivity contribution in [1.29, 1.82) is 0 Å². The molecule has 0 aromatic carbocycles. The Hall–Kier alpha value is -0.370. The van der Waals surface area contributed by atoms with Crippen molar-refractivity contribution in [2.45, 2.75) is 26.2 Å². The Labute approximate surface area is 66.1 Å². The van der Waals surface area contributed by atoms with Gasteiger partial charge in [0.2, 0.25) is 0 Å². The van der Waals surface area contributed by atoms with Crippen LogP contribution in [0.25, 0.3) is 0 Å². The minimum absolute atomic E-state index is 1.12. The van der Waals surface area contributed by atoms with Crippen molar-refractivity contribution in [3.05, 3.63) is 23.0 Å². The zero-order valence-corrected chi connectivity index (χ0v) is 7.03. The first kappa shape index (κ1) is 7.73. The van der Waals surface area contributed by atoms with Gasteiger partial charge in [-0.1, -0.05) is 13.3 Å². The van der Waals surface area contributed by atoms with Crippen LogP contribution in [0.4, 0.5) is 0 Å². The lowest BCUT2D eigenvalue weighted by Gasteiger charge is -1.92. The Morgan fingerprint density at radius 3 is 3.20 bits per heavy atom. The van der Waals surface area contributed by atoms with E-state index in [0.717, 1.165) is 6.42 Å². The highest BCUT2D eigenvalue weighted by atomic mass is 32.1. The van der Waals surface area contributed by atoms with Gasteiger partial charge in [0.1, 0.15) is 0 Å². The van der Waals surface area contributed by atoms with E-state index < -0.39 is 0 Å².